The van der Waals surface area contributed by atoms with Gasteiger partial charge >= 0.3 is 6.03 Å². The summed E-state index contributed by atoms with van der Waals surface area (Å²) in [4.78, 5) is 13.4. The normalized spacial score (nSPS) is 26.6. The van der Waals surface area contributed by atoms with Gasteiger partial charge in [-0.15, -0.1) is 0 Å². The van der Waals surface area contributed by atoms with Gasteiger partial charge in [-0.2, -0.15) is 11.8 Å². The Morgan fingerprint density at radius 3 is 2.74 bits per heavy atom. The summed E-state index contributed by atoms with van der Waals surface area (Å²) in [5, 5.41) is 7.07. The van der Waals surface area contributed by atoms with Crippen LogP contribution in [0, 0.1) is 0 Å². The number of rotatable bonds is 3. The monoisotopic (exact) mass is 277 g/mol. The van der Waals surface area contributed by atoms with Crippen LogP contribution in [-0.2, 0) is 0 Å². The third kappa shape index (κ3) is 2.66. The minimum Gasteiger partial charge on any atom is -0.381 e. The van der Waals surface area contributed by atoms with Gasteiger partial charge in [0, 0.05) is 35.8 Å². The van der Waals surface area contributed by atoms with E-state index in [1.165, 1.54) is 12.2 Å². The number of carbonyl (C=O) groups excluding carboxylic acids is 1. The van der Waals surface area contributed by atoms with Gasteiger partial charge in [-0.05, 0) is 36.4 Å². The van der Waals surface area contributed by atoms with Crippen molar-refractivity contribution in [1.82, 2.24) is 5.32 Å². The smallest absolute Gasteiger partial charge is 0.321 e. The summed E-state index contributed by atoms with van der Waals surface area (Å²) in [5.41, 5.74) is 2.11. The zero-order valence-electron chi connectivity index (χ0n) is 11.1. The molecule has 2 amide bonds. The van der Waals surface area contributed by atoms with E-state index < -0.39 is 0 Å². The van der Waals surface area contributed by atoms with Crippen LogP contribution in [0.5, 0.6) is 0 Å². The van der Waals surface area contributed by atoms with Crippen molar-refractivity contribution in [3.05, 3.63) is 24.3 Å². The first-order valence-corrected chi connectivity index (χ1v) is 7.82. The van der Waals surface area contributed by atoms with Crippen LogP contribution in [0.3, 0.4) is 0 Å². The molecule has 0 aromatic heterocycles. The Labute approximate surface area is 117 Å². The lowest BCUT2D eigenvalue weighted by atomic mass is 10.1. The molecule has 1 aromatic rings. The molecule has 2 unspecified atom stereocenters. The van der Waals surface area contributed by atoms with Crippen LogP contribution < -0.4 is 15.5 Å². The van der Waals surface area contributed by atoms with Gasteiger partial charge in [0.25, 0.3) is 0 Å². The molecule has 0 aliphatic carbocycles. The Morgan fingerprint density at radius 1 is 1.37 bits per heavy atom. The van der Waals surface area contributed by atoms with Crippen molar-refractivity contribution in [1.29, 1.82) is 0 Å². The molecule has 4 nitrogen and oxygen atoms in total. The predicted octanol–water partition coefficient (Wildman–Crippen LogP) is 2.52. The number of urea groups is 1. The molecule has 0 radical (unpaired) electrons. The van der Waals surface area contributed by atoms with E-state index in [4.69, 9.17) is 0 Å². The maximum atomic E-state index is 11.6. The van der Waals surface area contributed by atoms with Crippen molar-refractivity contribution in [2.24, 2.45) is 0 Å². The van der Waals surface area contributed by atoms with Gasteiger partial charge in [0.2, 0.25) is 0 Å². The number of hydrogen-bond acceptors (Lipinski definition) is 3. The van der Waals surface area contributed by atoms with Crippen LogP contribution in [0.1, 0.15) is 13.3 Å². The molecule has 1 aromatic carbocycles. The van der Waals surface area contributed by atoms with E-state index in [-0.39, 0.29) is 6.03 Å². The topological polar surface area (TPSA) is 44.4 Å². The Hall–Kier alpha value is -1.36. The first-order chi connectivity index (χ1) is 9.24. The molecule has 2 heterocycles. The molecule has 2 fully saturated rings. The van der Waals surface area contributed by atoms with Crippen LogP contribution in [0.4, 0.5) is 16.2 Å². The van der Waals surface area contributed by atoms with Gasteiger partial charge in [-0.25, -0.2) is 4.79 Å². The number of benzene rings is 1. The third-order valence-electron chi connectivity index (χ3n) is 3.76. The molecular formula is C14H19N3OS. The fraction of sp³-hybridized carbons (Fsp3) is 0.500. The summed E-state index contributed by atoms with van der Waals surface area (Å²) in [6, 6.07) is 8.72. The minimum atomic E-state index is 0.00141. The second-order valence-corrected chi connectivity index (χ2v) is 6.53. The highest BCUT2D eigenvalue weighted by Gasteiger charge is 2.24. The molecule has 2 atom stereocenters. The summed E-state index contributed by atoms with van der Waals surface area (Å²) in [6.45, 7) is 3.76. The Morgan fingerprint density at radius 2 is 2.16 bits per heavy atom. The van der Waals surface area contributed by atoms with Gasteiger partial charge in [0.05, 0.1) is 0 Å². The summed E-state index contributed by atoms with van der Waals surface area (Å²) in [7, 11) is 0. The number of amides is 2. The van der Waals surface area contributed by atoms with E-state index in [0.29, 0.717) is 11.3 Å². The van der Waals surface area contributed by atoms with E-state index in [2.05, 4.69) is 29.7 Å². The van der Waals surface area contributed by atoms with E-state index >= 15 is 0 Å². The maximum absolute atomic E-state index is 11.6. The van der Waals surface area contributed by atoms with Crippen molar-refractivity contribution >= 4 is 29.2 Å². The number of carbonyl (C=O) groups is 1. The standard InChI is InChI=1S/C14H19N3OS/c1-10-13(6-9-19-10)16-11-2-4-12(5-3-11)17-8-7-15-14(17)18/h2-5,10,13,16H,6-9H2,1H3,(H,15,18). The molecular weight excluding hydrogens is 258 g/mol. The van der Waals surface area contributed by atoms with Crippen molar-refractivity contribution in [3.63, 3.8) is 0 Å². The van der Waals surface area contributed by atoms with E-state index in [1.807, 2.05) is 23.9 Å². The average Bonchev–Trinajstić information content (AvgIpc) is 3.00. The maximum Gasteiger partial charge on any atom is 0.321 e. The van der Waals surface area contributed by atoms with Gasteiger partial charge in [0.1, 0.15) is 0 Å². The number of nitrogens with one attached hydrogen (secondary N) is 2. The fourth-order valence-corrected chi connectivity index (χ4v) is 3.79. The summed E-state index contributed by atoms with van der Waals surface area (Å²) in [6.07, 6.45) is 1.22. The van der Waals surface area contributed by atoms with Gasteiger partial charge in [-0.1, -0.05) is 6.92 Å². The number of hydrogen-bond donors (Lipinski definition) is 2. The average molecular weight is 277 g/mol. The summed E-state index contributed by atoms with van der Waals surface area (Å²) < 4.78 is 0. The molecule has 0 bridgehead atoms. The highest BCUT2D eigenvalue weighted by Crippen LogP contribution is 2.29. The first-order valence-electron chi connectivity index (χ1n) is 6.77. The molecule has 3 rings (SSSR count). The van der Waals surface area contributed by atoms with Crippen molar-refractivity contribution in [2.75, 3.05) is 29.1 Å². The lowest BCUT2D eigenvalue weighted by Gasteiger charge is -2.19. The van der Waals surface area contributed by atoms with Gasteiger partial charge in [-0.3, -0.25) is 4.90 Å². The Balaban J connectivity index is 1.67. The molecule has 2 aliphatic heterocycles. The van der Waals surface area contributed by atoms with Crippen LogP contribution in [-0.4, -0.2) is 36.2 Å². The van der Waals surface area contributed by atoms with Crippen molar-refractivity contribution in [2.45, 2.75) is 24.6 Å². The van der Waals surface area contributed by atoms with Crippen molar-refractivity contribution < 1.29 is 4.79 Å². The number of thioether (sulfide) groups is 1. The molecule has 19 heavy (non-hydrogen) atoms. The van der Waals surface area contributed by atoms with E-state index in [9.17, 15) is 4.79 Å². The zero-order valence-corrected chi connectivity index (χ0v) is 11.9. The molecule has 5 heteroatoms. The van der Waals surface area contributed by atoms with Crippen LogP contribution in [0.2, 0.25) is 0 Å². The highest BCUT2D eigenvalue weighted by atomic mass is 32.2. The number of nitrogens with zero attached hydrogens (tertiary/aromatic N) is 1. The van der Waals surface area contributed by atoms with Crippen LogP contribution in [0.25, 0.3) is 0 Å². The molecule has 0 saturated carbocycles. The zero-order chi connectivity index (χ0) is 13.2. The second kappa shape index (κ2) is 5.33. The molecule has 2 N–H and O–H groups in total. The minimum absolute atomic E-state index is 0.00141. The largest absolute Gasteiger partial charge is 0.381 e. The molecule has 2 aliphatic rings. The molecule has 0 spiro atoms. The van der Waals surface area contributed by atoms with Crippen LogP contribution >= 0.6 is 11.8 Å². The Kier molecular flexibility index (Phi) is 3.55. The summed E-state index contributed by atoms with van der Waals surface area (Å²) in [5.74, 6) is 1.24. The molecule has 102 valence electrons. The number of anilines is 2. The highest BCUT2D eigenvalue weighted by molar-refractivity contribution is 8.00. The molecule has 2 saturated heterocycles. The van der Waals surface area contributed by atoms with E-state index in [0.717, 1.165) is 24.5 Å². The van der Waals surface area contributed by atoms with Crippen molar-refractivity contribution in [3.8, 4) is 0 Å². The van der Waals surface area contributed by atoms with Gasteiger partial charge < -0.3 is 10.6 Å². The second-order valence-electron chi connectivity index (χ2n) is 5.05. The quantitative estimate of drug-likeness (QED) is 0.892. The third-order valence-corrected chi connectivity index (χ3v) is 5.09. The SMILES string of the molecule is CC1SCCC1Nc1ccc(N2CCNC2=O)cc1. The summed E-state index contributed by atoms with van der Waals surface area (Å²) >= 11 is 2.02. The Bertz CT molecular complexity index is 462. The first kappa shape index (κ1) is 12.7. The lowest BCUT2D eigenvalue weighted by Crippen LogP contribution is -2.27. The lowest BCUT2D eigenvalue weighted by molar-refractivity contribution is 0.252. The fourth-order valence-electron chi connectivity index (χ4n) is 2.59. The predicted molar refractivity (Wildman–Crippen MR) is 81.1 cm³/mol. The van der Waals surface area contributed by atoms with Gasteiger partial charge in [0.15, 0.2) is 0 Å². The van der Waals surface area contributed by atoms with Crippen LogP contribution in [0.15, 0.2) is 24.3 Å². The van der Waals surface area contributed by atoms with E-state index in [1.54, 1.807) is 4.90 Å².